The van der Waals surface area contributed by atoms with E-state index in [1.165, 1.54) is 31.4 Å². The van der Waals surface area contributed by atoms with Gasteiger partial charge >= 0.3 is 0 Å². The molecule has 3 rings (SSSR count). The van der Waals surface area contributed by atoms with Gasteiger partial charge in [-0.05, 0) is 48.4 Å². The summed E-state index contributed by atoms with van der Waals surface area (Å²) in [5.41, 5.74) is 7.74. The van der Waals surface area contributed by atoms with Crippen molar-refractivity contribution < 1.29 is 13.9 Å². The first-order valence-corrected chi connectivity index (χ1v) is 10.1. The lowest BCUT2D eigenvalue weighted by molar-refractivity contribution is 0.145. The third-order valence-electron chi connectivity index (χ3n) is 5.12. The highest BCUT2D eigenvalue weighted by Gasteiger charge is 2.26. The van der Waals surface area contributed by atoms with Crippen LogP contribution < -0.4 is 10.6 Å². The van der Waals surface area contributed by atoms with E-state index in [-0.39, 0.29) is 6.42 Å². The molecule has 1 aliphatic rings. The molecule has 0 saturated heterocycles. The van der Waals surface area contributed by atoms with Crippen molar-refractivity contribution >= 4 is 17.0 Å². The Hall–Kier alpha value is -1.50. The maximum Gasteiger partial charge on any atom is 0.126 e. The average molecular weight is 381 g/mol. The molecule has 6 heteroatoms. The van der Waals surface area contributed by atoms with Crippen molar-refractivity contribution in [3.63, 3.8) is 0 Å². The SMILES string of the molecule is NC(Cc1cc(F)cc(F)c1)C(O)CN(c1ccsc1)C1CCCCC1. The number of aliphatic hydroxyl groups excluding tert-OH is 1. The van der Waals surface area contributed by atoms with Crippen LogP contribution in [0.25, 0.3) is 0 Å². The molecule has 3 N–H and O–H groups in total. The van der Waals surface area contributed by atoms with Gasteiger partial charge < -0.3 is 15.7 Å². The van der Waals surface area contributed by atoms with Gasteiger partial charge in [0.2, 0.25) is 0 Å². The van der Waals surface area contributed by atoms with E-state index >= 15 is 0 Å². The van der Waals surface area contributed by atoms with E-state index in [2.05, 4.69) is 16.3 Å². The molecule has 142 valence electrons. The van der Waals surface area contributed by atoms with Crippen LogP contribution in [0.1, 0.15) is 37.7 Å². The van der Waals surface area contributed by atoms with Crippen molar-refractivity contribution in [2.24, 2.45) is 5.73 Å². The lowest BCUT2D eigenvalue weighted by Gasteiger charge is -2.37. The zero-order valence-electron chi connectivity index (χ0n) is 14.8. The second-order valence-electron chi connectivity index (χ2n) is 7.14. The van der Waals surface area contributed by atoms with E-state index in [9.17, 15) is 13.9 Å². The monoisotopic (exact) mass is 380 g/mol. The first-order chi connectivity index (χ1) is 12.5. The van der Waals surface area contributed by atoms with Gasteiger partial charge in [-0.2, -0.15) is 11.3 Å². The summed E-state index contributed by atoms with van der Waals surface area (Å²) in [5.74, 6) is -1.24. The van der Waals surface area contributed by atoms with Crippen LogP contribution in [0.2, 0.25) is 0 Å². The fourth-order valence-corrected chi connectivity index (χ4v) is 4.40. The first kappa shape index (κ1) is 19.3. The van der Waals surface area contributed by atoms with Crippen LogP contribution in [-0.2, 0) is 6.42 Å². The molecule has 26 heavy (non-hydrogen) atoms. The Morgan fingerprint density at radius 3 is 2.46 bits per heavy atom. The van der Waals surface area contributed by atoms with E-state index in [0.29, 0.717) is 18.2 Å². The number of nitrogens with two attached hydrogens (primary N) is 1. The average Bonchev–Trinajstić information content (AvgIpc) is 3.13. The van der Waals surface area contributed by atoms with Crippen molar-refractivity contribution in [1.82, 2.24) is 0 Å². The Kier molecular flexibility index (Phi) is 6.62. The number of aliphatic hydroxyl groups is 1. The minimum absolute atomic E-state index is 0.234. The van der Waals surface area contributed by atoms with Gasteiger partial charge in [0.1, 0.15) is 11.6 Å². The summed E-state index contributed by atoms with van der Waals surface area (Å²) in [6.45, 7) is 0.431. The van der Waals surface area contributed by atoms with Crippen LogP contribution in [-0.4, -0.2) is 29.8 Å². The third-order valence-corrected chi connectivity index (χ3v) is 5.80. The zero-order valence-corrected chi connectivity index (χ0v) is 15.6. The van der Waals surface area contributed by atoms with Gasteiger partial charge in [-0.3, -0.25) is 0 Å². The molecule has 0 radical (unpaired) electrons. The number of hydrogen-bond donors (Lipinski definition) is 2. The Morgan fingerprint density at radius 2 is 1.85 bits per heavy atom. The molecule has 3 nitrogen and oxygen atoms in total. The van der Waals surface area contributed by atoms with E-state index in [1.54, 1.807) is 11.3 Å². The molecule has 2 unspecified atom stereocenters. The fourth-order valence-electron chi connectivity index (χ4n) is 3.75. The van der Waals surface area contributed by atoms with Gasteiger partial charge in [-0.25, -0.2) is 8.78 Å². The zero-order chi connectivity index (χ0) is 18.5. The van der Waals surface area contributed by atoms with Crippen molar-refractivity contribution in [3.8, 4) is 0 Å². The molecule has 0 aliphatic heterocycles. The Morgan fingerprint density at radius 1 is 1.15 bits per heavy atom. The summed E-state index contributed by atoms with van der Waals surface area (Å²) in [7, 11) is 0. The maximum atomic E-state index is 13.4. The van der Waals surface area contributed by atoms with E-state index < -0.39 is 23.8 Å². The molecular weight excluding hydrogens is 354 g/mol. The van der Waals surface area contributed by atoms with E-state index in [1.807, 2.05) is 5.38 Å². The molecule has 0 bridgehead atoms. The van der Waals surface area contributed by atoms with Gasteiger partial charge in [-0.15, -0.1) is 0 Å². The molecular formula is C20H26F2N2OS. The number of hydrogen-bond acceptors (Lipinski definition) is 4. The van der Waals surface area contributed by atoms with Crippen LogP contribution in [0.15, 0.2) is 35.0 Å². The number of thiophene rings is 1. The normalized spacial score (nSPS) is 17.8. The summed E-state index contributed by atoms with van der Waals surface area (Å²) in [6, 6.07) is 5.28. The maximum absolute atomic E-state index is 13.4. The predicted octanol–water partition coefficient (Wildman–Crippen LogP) is 4.10. The second-order valence-corrected chi connectivity index (χ2v) is 7.92. The Bertz CT molecular complexity index is 669. The van der Waals surface area contributed by atoms with Crippen LogP contribution in [0.5, 0.6) is 0 Å². The molecule has 1 saturated carbocycles. The quantitative estimate of drug-likeness (QED) is 0.760. The third kappa shape index (κ3) is 5.02. The van der Waals surface area contributed by atoms with Crippen LogP contribution in [0.3, 0.4) is 0 Å². The summed E-state index contributed by atoms with van der Waals surface area (Å²) in [4.78, 5) is 2.26. The van der Waals surface area contributed by atoms with Crippen molar-refractivity contribution in [3.05, 3.63) is 52.2 Å². The fraction of sp³-hybridized carbons (Fsp3) is 0.500. The molecule has 2 aromatic rings. The number of nitrogens with zero attached hydrogens (tertiary/aromatic N) is 1. The number of anilines is 1. The van der Waals surface area contributed by atoms with E-state index in [0.717, 1.165) is 24.6 Å². The second kappa shape index (κ2) is 8.93. The smallest absolute Gasteiger partial charge is 0.126 e. The Balaban J connectivity index is 1.67. The van der Waals surface area contributed by atoms with Crippen LogP contribution in [0, 0.1) is 11.6 Å². The van der Waals surface area contributed by atoms with E-state index in [4.69, 9.17) is 5.73 Å². The lowest BCUT2D eigenvalue weighted by Crippen LogP contribution is -2.48. The molecule has 1 aromatic carbocycles. The van der Waals surface area contributed by atoms with Gasteiger partial charge in [0, 0.05) is 35.8 Å². The first-order valence-electron chi connectivity index (χ1n) is 9.20. The standard InChI is InChI=1S/C20H26F2N2OS/c21-15-8-14(9-16(22)11-15)10-19(23)20(25)12-24(18-6-7-26-13-18)17-4-2-1-3-5-17/h6-9,11,13,17,19-20,25H,1-5,10,12,23H2. The molecule has 2 atom stereocenters. The highest BCUT2D eigenvalue weighted by molar-refractivity contribution is 7.08. The van der Waals surface area contributed by atoms with Crippen LogP contribution >= 0.6 is 11.3 Å². The van der Waals surface area contributed by atoms with Crippen molar-refractivity contribution in [1.29, 1.82) is 0 Å². The highest BCUT2D eigenvalue weighted by atomic mass is 32.1. The van der Waals surface area contributed by atoms with Gasteiger partial charge in [0.05, 0.1) is 6.10 Å². The molecule has 1 aromatic heterocycles. The summed E-state index contributed by atoms with van der Waals surface area (Å²) in [6.07, 6.45) is 5.37. The number of halogens is 2. The summed E-state index contributed by atoms with van der Waals surface area (Å²) < 4.78 is 26.7. The summed E-state index contributed by atoms with van der Waals surface area (Å²) >= 11 is 1.64. The molecule has 1 fully saturated rings. The van der Waals surface area contributed by atoms with Crippen molar-refractivity contribution in [2.75, 3.05) is 11.4 Å². The molecule has 0 spiro atoms. The predicted molar refractivity (Wildman–Crippen MR) is 103 cm³/mol. The van der Waals surface area contributed by atoms with Gasteiger partial charge in [-0.1, -0.05) is 19.3 Å². The van der Waals surface area contributed by atoms with Gasteiger partial charge in [0.25, 0.3) is 0 Å². The highest BCUT2D eigenvalue weighted by Crippen LogP contribution is 2.29. The molecule has 0 amide bonds. The minimum atomic E-state index is -0.775. The van der Waals surface area contributed by atoms with Gasteiger partial charge in [0.15, 0.2) is 0 Å². The van der Waals surface area contributed by atoms with Crippen LogP contribution in [0.4, 0.5) is 14.5 Å². The summed E-state index contributed by atoms with van der Waals surface area (Å²) in [5, 5.41) is 14.8. The molecule has 1 aliphatic carbocycles. The Labute approximate surface area is 157 Å². The van der Waals surface area contributed by atoms with Crippen molar-refractivity contribution in [2.45, 2.75) is 56.7 Å². The largest absolute Gasteiger partial charge is 0.390 e. The molecule has 1 heterocycles. The lowest BCUT2D eigenvalue weighted by atomic mass is 9.93. The number of rotatable bonds is 7. The topological polar surface area (TPSA) is 49.5 Å². The number of benzene rings is 1. The minimum Gasteiger partial charge on any atom is -0.390 e.